The second kappa shape index (κ2) is 20.2. The molecule has 4 heterocycles. The van der Waals surface area contributed by atoms with Gasteiger partial charge in [0, 0.05) is 85.1 Å². The van der Waals surface area contributed by atoms with E-state index in [1.807, 2.05) is 20.8 Å². The predicted molar refractivity (Wildman–Crippen MR) is 174 cm³/mol. The van der Waals surface area contributed by atoms with Crippen molar-refractivity contribution in [2.45, 2.75) is 58.9 Å². The molecule has 0 aromatic rings. The summed E-state index contributed by atoms with van der Waals surface area (Å²) >= 11 is 0. The molecule has 4 saturated heterocycles. The lowest BCUT2D eigenvalue weighted by Gasteiger charge is -2.42. The van der Waals surface area contributed by atoms with Gasteiger partial charge in [0.25, 0.3) is 0 Å². The van der Waals surface area contributed by atoms with Gasteiger partial charge in [-0.1, -0.05) is 20.8 Å². The average Bonchev–Trinajstić information content (AvgIpc) is 3.04. The Hall–Kier alpha value is -0.980. The molecule has 0 bridgehead atoms. The number of ketones is 2. The Balaban J connectivity index is 0.00000248. The van der Waals surface area contributed by atoms with Gasteiger partial charge in [-0.15, -0.1) is 0 Å². The van der Waals surface area contributed by atoms with Crippen molar-refractivity contribution in [2.75, 3.05) is 132 Å². The number of hydrogen-bond donors (Lipinski definition) is 1. The van der Waals surface area contributed by atoms with Crippen LogP contribution in [0.25, 0.3) is 0 Å². The highest BCUT2D eigenvalue weighted by Crippen LogP contribution is 2.21. The molecule has 4 aliphatic rings. The summed E-state index contributed by atoms with van der Waals surface area (Å²) in [5.74, 6) is 0.498. The monoisotopic (exact) mass is 608 g/mol. The summed E-state index contributed by atoms with van der Waals surface area (Å²) < 4.78 is 5.23. The molecule has 0 spiro atoms. The number of likely N-dealkylation sites (tertiary alicyclic amines) is 2. The van der Waals surface area contributed by atoms with Crippen molar-refractivity contribution in [3.63, 3.8) is 0 Å². The van der Waals surface area contributed by atoms with E-state index in [9.17, 15) is 9.59 Å². The summed E-state index contributed by atoms with van der Waals surface area (Å²) in [7, 11) is 1.77. The quantitative estimate of drug-likeness (QED) is 0.274. The molecule has 10 heteroatoms. The number of Topliss-reactive ketones (excluding diaryl/α,β-unsaturated/α-hetero) is 2. The molecule has 0 aromatic carbocycles. The molecule has 4 rings (SSSR count). The average molecular weight is 609 g/mol. The second-order valence-electron chi connectivity index (χ2n) is 12.9. The fourth-order valence-corrected chi connectivity index (χ4v) is 7.34. The summed E-state index contributed by atoms with van der Waals surface area (Å²) in [6, 6.07) is 0.655. The van der Waals surface area contributed by atoms with Crippen molar-refractivity contribution in [3.05, 3.63) is 0 Å². The number of carbonyl (C=O) groups is 2. The van der Waals surface area contributed by atoms with E-state index in [0.29, 0.717) is 25.6 Å². The first-order chi connectivity index (χ1) is 21.0. The number of methoxy groups -OCH3 is 1. The van der Waals surface area contributed by atoms with Crippen LogP contribution >= 0.6 is 0 Å². The normalized spacial score (nSPS) is 24.0. The van der Waals surface area contributed by atoms with Gasteiger partial charge in [-0.2, -0.15) is 0 Å². The van der Waals surface area contributed by atoms with Crippen LogP contribution in [0.15, 0.2) is 0 Å². The second-order valence-corrected chi connectivity index (χ2v) is 12.9. The molecule has 0 aliphatic carbocycles. The Labute approximate surface area is 262 Å². The van der Waals surface area contributed by atoms with Gasteiger partial charge >= 0.3 is 0 Å². The first kappa shape index (κ1) is 36.5. The Morgan fingerprint density at radius 3 is 1.70 bits per heavy atom. The van der Waals surface area contributed by atoms with Crippen LogP contribution in [-0.4, -0.2) is 184 Å². The Kier molecular flexibility index (Phi) is 17.1. The van der Waals surface area contributed by atoms with Crippen LogP contribution in [0.4, 0.5) is 0 Å². The van der Waals surface area contributed by atoms with Gasteiger partial charge in [-0.25, -0.2) is 0 Å². The largest absolute Gasteiger partial charge is 0.395 e. The number of hydrogen-bond acceptors (Lipinski definition) is 10. The lowest BCUT2D eigenvalue weighted by Crippen LogP contribution is -2.54. The van der Waals surface area contributed by atoms with E-state index in [2.05, 4.69) is 29.4 Å². The zero-order chi connectivity index (χ0) is 31.0. The van der Waals surface area contributed by atoms with Crippen molar-refractivity contribution in [3.8, 4) is 0 Å². The van der Waals surface area contributed by atoms with E-state index in [0.717, 1.165) is 111 Å². The van der Waals surface area contributed by atoms with Crippen LogP contribution in [0.3, 0.4) is 0 Å². The molecule has 0 aromatic heterocycles. The van der Waals surface area contributed by atoms with Gasteiger partial charge in [0.2, 0.25) is 0 Å². The van der Waals surface area contributed by atoms with Crippen LogP contribution in [0.5, 0.6) is 0 Å². The van der Waals surface area contributed by atoms with E-state index in [1.165, 1.54) is 25.7 Å². The third-order valence-corrected chi connectivity index (χ3v) is 10.1. The summed E-state index contributed by atoms with van der Waals surface area (Å²) in [4.78, 5) is 41.0. The molecular formula is C33H64N6O4. The smallest absolute Gasteiger partial charge is 0.157 e. The van der Waals surface area contributed by atoms with E-state index >= 15 is 0 Å². The Morgan fingerprint density at radius 2 is 1.19 bits per heavy atom. The summed E-state index contributed by atoms with van der Waals surface area (Å²) in [6.45, 7) is 23.0. The van der Waals surface area contributed by atoms with Crippen molar-refractivity contribution in [1.82, 2.24) is 29.4 Å². The van der Waals surface area contributed by atoms with Gasteiger partial charge in [0.15, 0.2) is 11.6 Å². The molecular weight excluding hydrogens is 544 g/mol. The van der Waals surface area contributed by atoms with Crippen LogP contribution in [0, 0.1) is 11.8 Å². The van der Waals surface area contributed by atoms with Crippen LogP contribution in [-0.2, 0) is 14.3 Å². The highest BCUT2D eigenvalue weighted by Gasteiger charge is 2.32. The van der Waals surface area contributed by atoms with Crippen LogP contribution in [0.1, 0.15) is 52.9 Å². The van der Waals surface area contributed by atoms with Crippen molar-refractivity contribution in [2.24, 2.45) is 11.8 Å². The zero-order valence-corrected chi connectivity index (χ0v) is 28.1. The summed E-state index contributed by atoms with van der Waals surface area (Å²) in [5, 5.41) is 9.16. The van der Waals surface area contributed by atoms with E-state index in [-0.39, 0.29) is 18.2 Å². The maximum atomic E-state index is 13.2. The number of nitrogens with zero attached hydrogens (tertiary/aromatic N) is 6. The number of piperidine rings is 2. The van der Waals surface area contributed by atoms with Gasteiger partial charge in [0.1, 0.15) is 0 Å². The Morgan fingerprint density at radius 1 is 0.698 bits per heavy atom. The van der Waals surface area contributed by atoms with Gasteiger partial charge < -0.3 is 24.5 Å². The van der Waals surface area contributed by atoms with Gasteiger partial charge in [-0.3, -0.25) is 24.3 Å². The topological polar surface area (TPSA) is 83.0 Å². The minimum atomic E-state index is -0.466. The fourth-order valence-electron chi connectivity index (χ4n) is 7.34. The highest BCUT2D eigenvalue weighted by molar-refractivity contribution is 6.04. The van der Waals surface area contributed by atoms with Gasteiger partial charge in [0.05, 0.1) is 32.2 Å². The highest BCUT2D eigenvalue weighted by atomic mass is 16.5. The molecule has 0 saturated carbocycles. The standard InChI is InChI=1S/C31H58N6O4.C2H6/c1-3-29(30(39)25-35-14-12-34(13-15-35)24-27-4-8-32(9-5-27)20-22-38)31(40)26-36-16-18-37(19-17-36)28-6-10-33(11-7-28)21-23-41-2;1-2/h27-29,38H,3-26H2,1-2H3;1-2H3. The first-order valence-corrected chi connectivity index (χ1v) is 17.5. The molecule has 10 nitrogen and oxygen atoms in total. The molecule has 250 valence electrons. The van der Waals surface area contributed by atoms with Crippen LogP contribution in [0.2, 0.25) is 0 Å². The third kappa shape index (κ3) is 12.0. The maximum absolute atomic E-state index is 13.2. The molecule has 43 heavy (non-hydrogen) atoms. The minimum absolute atomic E-state index is 0.112. The Bertz CT molecular complexity index is 771. The number of aliphatic hydroxyl groups excluding tert-OH is 1. The lowest BCUT2D eigenvalue weighted by molar-refractivity contribution is -0.134. The third-order valence-electron chi connectivity index (χ3n) is 10.1. The van der Waals surface area contributed by atoms with E-state index in [1.54, 1.807) is 7.11 Å². The molecule has 4 aliphatic heterocycles. The van der Waals surface area contributed by atoms with Crippen molar-refractivity contribution >= 4 is 11.6 Å². The number of carbonyl (C=O) groups excluding carboxylic acids is 2. The molecule has 0 radical (unpaired) electrons. The summed E-state index contributed by atoms with van der Waals surface area (Å²) in [5.41, 5.74) is 0. The fraction of sp³-hybridized carbons (Fsp3) is 0.939. The minimum Gasteiger partial charge on any atom is -0.395 e. The SMILES string of the molecule is CC.CCC(C(=O)CN1CCN(CC2CCN(CCO)CC2)CC1)C(=O)CN1CCN(C2CCN(CCOC)CC2)CC1. The summed E-state index contributed by atoms with van der Waals surface area (Å²) in [6.07, 6.45) is 5.46. The maximum Gasteiger partial charge on any atom is 0.157 e. The van der Waals surface area contributed by atoms with E-state index in [4.69, 9.17) is 9.84 Å². The zero-order valence-electron chi connectivity index (χ0n) is 28.1. The van der Waals surface area contributed by atoms with Gasteiger partial charge in [-0.05, 0) is 64.2 Å². The van der Waals surface area contributed by atoms with E-state index < -0.39 is 5.92 Å². The first-order valence-electron chi connectivity index (χ1n) is 17.5. The van der Waals surface area contributed by atoms with Crippen molar-refractivity contribution in [1.29, 1.82) is 0 Å². The number of aliphatic hydroxyl groups is 1. The molecule has 1 atom stereocenters. The number of rotatable bonds is 15. The molecule has 1 N–H and O–H groups in total. The number of β-amino-alcohol motifs (C(OH)–C–C–N with tert-alkyl or cyclic N) is 1. The van der Waals surface area contributed by atoms with Crippen LogP contribution < -0.4 is 0 Å². The number of piperazine rings is 2. The van der Waals surface area contributed by atoms with Crippen molar-refractivity contribution < 1.29 is 19.4 Å². The molecule has 0 amide bonds. The number of ether oxygens (including phenoxy) is 1. The molecule has 1 unspecified atom stereocenters. The molecule has 4 fully saturated rings. The predicted octanol–water partition coefficient (Wildman–Crippen LogP) is 1.23. The lowest BCUT2D eigenvalue weighted by atomic mass is 9.94.